The van der Waals surface area contributed by atoms with Gasteiger partial charge in [0.25, 0.3) is 0 Å². The van der Waals surface area contributed by atoms with E-state index in [-0.39, 0.29) is 11.9 Å². The van der Waals surface area contributed by atoms with Gasteiger partial charge in [-0.25, -0.2) is 9.59 Å². The van der Waals surface area contributed by atoms with Crippen LogP contribution in [-0.2, 0) is 19.1 Å². The Kier molecular flexibility index (Phi) is 13.5. The van der Waals surface area contributed by atoms with Gasteiger partial charge in [-0.15, -0.1) is 0 Å². The van der Waals surface area contributed by atoms with E-state index in [0.29, 0.717) is 37.2 Å². The van der Waals surface area contributed by atoms with Gasteiger partial charge < -0.3 is 9.47 Å². The minimum absolute atomic E-state index is 0.345. The molecule has 4 nitrogen and oxygen atoms in total. The highest BCUT2D eigenvalue weighted by Crippen LogP contribution is 2.22. The van der Waals surface area contributed by atoms with Crippen molar-refractivity contribution in [2.24, 2.45) is 0 Å². The van der Waals surface area contributed by atoms with Crippen molar-refractivity contribution in [2.45, 2.75) is 85.5 Å². The fourth-order valence-corrected chi connectivity index (χ4v) is 2.22. The molecule has 0 spiro atoms. The molecule has 0 aromatic heterocycles. The van der Waals surface area contributed by atoms with Gasteiger partial charge in [0.1, 0.15) is 0 Å². The molecule has 0 bridgehead atoms. The quantitative estimate of drug-likeness (QED) is 0.273. The Labute approximate surface area is 141 Å². The highest BCUT2D eigenvalue weighted by molar-refractivity contribution is 6.00. The molecule has 0 rings (SSSR count). The van der Waals surface area contributed by atoms with E-state index < -0.39 is 0 Å². The fraction of sp³-hybridized carbons (Fsp3) is 0.789. The van der Waals surface area contributed by atoms with Crippen molar-refractivity contribution in [3.63, 3.8) is 0 Å². The molecule has 0 heterocycles. The molecule has 0 N–H and O–H groups in total. The Morgan fingerprint density at radius 1 is 0.609 bits per heavy atom. The molecule has 4 heteroatoms. The molecule has 0 fully saturated rings. The first kappa shape index (κ1) is 21.7. The Morgan fingerprint density at radius 3 is 1.43 bits per heavy atom. The number of ether oxygens (including phenoxy) is 2. The maximum atomic E-state index is 12.4. The molecule has 0 amide bonds. The molecule has 0 aliphatic heterocycles. The second-order valence-corrected chi connectivity index (χ2v) is 5.79. The van der Waals surface area contributed by atoms with Crippen molar-refractivity contribution in [2.75, 3.05) is 13.2 Å². The zero-order valence-corrected chi connectivity index (χ0v) is 15.4. The summed E-state index contributed by atoms with van der Waals surface area (Å²) in [6.45, 7) is 8.89. The van der Waals surface area contributed by atoms with E-state index in [1.165, 1.54) is 0 Å². The van der Waals surface area contributed by atoms with E-state index in [1.54, 1.807) is 0 Å². The molecule has 0 aliphatic carbocycles. The lowest BCUT2D eigenvalue weighted by molar-refractivity contribution is -0.142. The number of carbonyl (C=O) groups excluding carboxylic acids is 2. The van der Waals surface area contributed by atoms with Crippen LogP contribution in [0.1, 0.15) is 85.5 Å². The van der Waals surface area contributed by atoms with E-state index in [9.17, 15) is 9.59 Å². The Bertz CT molecular complexity index is 372. The summed E-state index contributed by atoms with van der Waals surface area (Å²) in [6.07, 6.45) is 7.57. The van der Waals surface area contributed by atoms with Gasteiger partial charge in [0.05, 0.1) is 13.2 Å². The molecular formula is C19H34O4. The van der Waals surface area contributed by atoms with Crippen LogP contribution in [0.3, 0.4) is 0 Å². The summed E-state index contributed by atoms with van der Waals surface area (Å²) < 4.78 is 10.6. The maximum absolute atomic E-state index is 12.4. The van der Waals surface area contributed by atoms with Gasteiger partial charge in [0.15, 0.2) is 0 Å². The predicted molar refractivity (Wildman–Crippen MR) is 93.2 cm³/mol. The summed E-state index contributed by atoms with van der Waals surface area (Å²) in [7, 11) is 0. The van der Waals surface area contributed by atoms with Gasteiger partial charge in [0, 0.05) is 11.1 Å². The highest BCUT2D eigenvalue weighted by atomic mass is 16.5. The van der Waals surface area contributed by atoms with Crippen LogP contribution in [0.4, 0.5) is 0 Å². The van der Waals surface area contributed by atoms with Crippen molar-refractivity contribution >= 4 is 11.9 Å². The van der Waals surface area contributed by atoms with Crippen LogP contribution in [0.2, 0.25) is 0 Å². The largest absolute Gasteiger partial charge is 0.462 e. The van der Waals surface area contributed by atoms with E-state index >= 15 is 0 Å². The fourth-order valence-electron chi connectivity index (χ4n) is 2.22. The molecule has 0 saturated heterocycles. The topological polar surface area (TPSA) is 52.6 Å². The van der Waals surface area contributed by atoms with Gasteiger partial charge in [-0.2, -0.15) is 0 Å². The van der Waals surface area contributed by atoms with Gasteiger partial charge in [-0.1, -0.05) is 47.0 Å². The minimum atomic E-state index is -0.347. The summed E-state index contributed by atoms with van der Waals surface area (Å²) in [4.78, 5) is 24.8. The molecule has 0 aromatic carbocycles. The molecule has 134 valence electrons. The van der Waals surface area contributed by atoms with Crippen molar-refractivity contribution < 1.29 is 19.1 Å². The summed E-state index contributed by atoms with van der Waals surface area (Å²) >= 11 is 0. The average molecular weight is 326 g/mol. The van der Waals surface area contributed by atoms with Gasteiger partial charge >= 0.3 is 11.9 Å². The van der Waals surface area contributed by atoms with Crippen LogP contribution in [-0.4, -0.2) is 25.2 Å². The maximum Gasteiger partial charge on any atom is 0.334 e. The van der Waals surface area contributed by atoms with E-state index in [4.69, 9.17) is 9.47 Å². The number of hydrogen-bond donors (Lipinski definition) is 0. The van der Waals surface area contributed by atoms with Crippen LogP contribution in [0, 0.1) is 0 Å². The van der Waals surface area contributed by atoms with Crippen LogP contribution < -0.4 is 0 Å². The SMILES string of the molecule is CCCCC/C(C(=O)OCCC)=C(\CCCC)C(=O)OCCC. The van der Waals surface area contributed by atoms with Gasteiger partial charge in [-0.3, -0.25) is 0 Å². The second kappa shape index (κ2) is 14.3. The van der Waals surface area contributed by atoms with Crippen LogP contribution in [0.25, 0.3) is 0 Å². The average Bonchev–Trinajstić information content (AvgIpc) is 2.56. The van der Waals surface area contributed by atoms with Crippen molar-refractivity contribution in [1.82, 2.24) is 0 Å². The van der Waals surface area contributed by atoms with Crippen LogP contribution in [0.5, 0.6) is 0 Å². The second-order valence-electron chi connectivity index (χ2n) is 5.79. The number of rotatable bonds is 13. The lowest BCUT2D eigenvalue weighted by atomic mass is 9.97. The Morgan fingerprint density at radius 2 is 1.04 bits per heavy atom. The first-order valence-electron chi connectivity index (χ1n) is 9.18. The molecule has 0 radical (unpaired) electrons. The van der Waals surface area contributed by atoms with Crippen LogP contribution >= 0.6 is 0 Å². The molecule has 0 unspecified atom stereocenters. The molecule has 0 aliphatic rings. The number of esters is 2. The summed E-state index contributed by atoms with van der Waals surface area (Å²) in [5.74, 6) is -0.692. The molecule has 23 heavy (non-hydrogen) atoms. The van der Waals surface area contributed by atoms with Gasteiger partial charge in [0.2, 0.25) is 0 Å². The molecule has 0 aromatic rings. The third kappa shape index (κ3) is 9.42. The van der Waals surface area contributed by atoms with E-state index in [2.05, 4.69) is 13.8 Å². The number of unbranched alkanes of at least 4 members (excludes halogenated alkanes) is 3. The molecule has 0 atom stereocenters. The number of hydrogen-bond acceptors (Lipinski definition) is 4. The Hall–Kier alpha value is -1.32. The zero-order chi connectivity index (χ0) is 17.5. The lowest BCUT2D eigenvalue weighted by Crippen LogP contribution is -2.18. The Balaban J connectivity index is 5.32. The normalized spacial score (nSPS) is 11.8. The number of carbonyl (C=O) groups is 2. The highest BCUT2D eigenvalue weighted by Gasteiger charge is 2.22. The molecule has 0 saturated carbocycles. The summed E-state index contributed by atoms with van der Waals surface area (Å²) in [5.41, 5.74) is 1.05. The van der Waals surface area contributed by atoms with Crippen molar-refractivity contribution in [1.29, 1.82) is 0 Å². The van der Waals surface area contributed by atoms with E-state index in [0.717, 1.165) is 44.9 Å². The zero-order valence-electron chi connectivity index (χ0n) is 15.4. The standard InChI is InChI=1S/C19H34O4/c1-5-9-11-13-17(19(21)23-15-8-4)16(12-10-6-2)18(20)22-14-7-3/h5-15H2,1-4H3/b17-16-. The van der Waals surface area contributed by atoms with Gasteiger partial charge in [-0.05, 0) is 38.5 Å². The van der Waals surface area contributed by atoms with Crippen molar-refractivity contribution in [3.8, 4) is 0 Å². The summed E-state index contributed by atoms with van der Waals surface area (Å²) in [6, 6.07) is 0. The minimum Gasteiger partial charge on any atom is -0.462 e. The lowest BCUT2D eigenvalue weighted by Gasteiger charge is -2.14. The third-order valence-electron chi connectivity index (χ3n) is 3.54. The van der Waals surface area contributed by atoms with Crippen molar-refractivity contribution in [3.05, 3.63) is 11.1 Å². The summed E-state index contributed by atoms with van der Waals surface area (Å²) in [5, 5.41) is 0. The first-order valence-corrected chi connectivity index (χ1v) is 9.18. The molecular weight excluding hydrogens is 292 g/mol. The predicted octanol–water partition coefficient (Wildman–Crippen LogP) is 4.96. The smallest absolute Gasteiger partial charge is 0.334 e. The van der Waals surface area contributed by atoms with E-state index in [1.807, 2.05) is 13.8 Å². The monoisotopic (exact) mass is 326 g/mol. The van der Waals surface area contributed by atoms with Crippen LogP contribution in [0.15, 0.2) is 11.1 Å². The third-order valence-corrected chi connectivity index (χ3v) is 3.54. The first-order chi connectivity index (χ1) is 11.1.